The number of benzene rings is 1. The molecule has 0 radical (unpaired) electrons. The molecule has 3 aromatic rings. The van der Waals surface area contributed by atoms with E-state index >= 15 is 0 Å². The molecule has 0 unspecified atom stereocenters. The van der Waals surface area contributed by atoms with Crippen molar-refractivity contribution >= 4 is 15.9 Å². The van der Waals surface area contributed by atoms with Crippen molar-refractivity contribution in [2.24, 2.45) is 0 Å². The van der Waals surface area contributed by atoms with E-state index in [1.54, 1.807) is 12.3 Å². The molecule has 0 N–H and O–H groups in total. The lowest BCUT2D eigenvalue weighted by Gasteiger charge is -2.05. The zero-order valence-electron chi connectivity index (χ0n) is 10.8. The predicted octanol–water partition coefficient (Wildman–Crippen LogP) is 4.58. The number of hydrogen-bond acceptors (Lipinski definition) is 4. The lowest BCUT2D eigenvalue weighted by atomic mass is 10.3. The number of nitrogens with zero attached hydrogens (tertiary/aromatic N) is 1. The van der Waals surface area contributed by atoms with Gasteiger partial charge < -0.3 is 13.6 Å². The van der Waals surface area contributed by atoms with Crippen LogP contribution in [0.3, 0.4) is 0 Å². The summed E-state index contributed by atoms with van der Waals surface area (Å²) >= 11 is 3.44. The molecule has 0 saturated carbocycles. The van der Waals surface area contributed by atoms with Crippen molar-refractivity contribution in [3.8, 4) is 17.4 Å². The van der Waals surface area contributed by atoms with E-state index in [1.165, 1.54) is 0 Å². The highest BCUT2D eigenvalue weighted by Gasteiger charge is 2.14. The smallest absolute Gasteiger partial charge is 0.263 e. The summed E-state index contributed by atoms with van der Waals surface area (Å²) < 4.78 is 17.5. The first-order chi connectivity index (χ1) is 9.74. The molecule has 5 heteroatoms. The number of hydrogen-bond donors (Lipinski definition) is 0. The van der Waals surface area contributed by atoms with Crippen molar-refractivity contribution in [2.45, 2.75) is 13.5 Å². The standard InChI is InChI=1S/C15H12BrNO3/c1-10-12(9-19-13-6-3-2-5-11(13)16)17-15(20-10)14-7-4-8-18-14/h2-8H,9H2,1H3. The summed E-state index contributed by atoms with van der Waals surface area (Å²) in [6.45, 7) is 2.21. The number of para-hydroxylation sites is 1. The van der Waals surface area contributed by atoms with Crippen molar-refractivity contribution < 1.29 is 13.6 Å². The molecule has 102 valence electrons. The van der Waals surface area contributed by atoms with Crippen LogP contribution in [-0.2, 0) is 6.61 Å². The van der Waals surface area contributed by atoms with Gasteiger partial charge in [-0.1, -0.05) is 12.1 Å². The van der Waals surface area contributed by atoms with Crippen molar-refractivity contribution in [1.82, 2.24) is 4.98 Å². The molecular formula is C15H12BrNO3. The second kappa shape index (κ2) is 5.54. The van der Waals surface area contributed by atoms with Gasteiger partial charge in [0.15, 0.2) is 5.76 Å². The van der Waals surface area contributed by atoms with Gasteiger partial charge in [-0.25, -0.2) is 4.98 Å². The van der Waals surface area contributed by atoms with Crippen LogP contribution < -0.4 is 4.74 Å². The normalized spacial score (nSPS) is 10.7. The zero-order chi connectivity index (χ0) is 13.9. The van der Waals surface area contributed by atoms with E-state index in [0.717, 1.165) is 21.7 Å². The Kier molecular flexibility index (Phi) is 3.60. The first-order valence-corrected chi connectivity index (χ1v) is 6.91. The van der Waals surface area contributed by atoms with E-state index in [9.17, 15) is 0 Å². The van der Waals surface area contributed by atoms with Crippen LogP contribution >= 0.6 is 15.9 Å². The van der Waals surface area contributed by atoms with Crippen LogP contribution in [0, 0.1) is 6.92 Å². The molecule has 20 heavy (non-hydrogen) atoms. The summed E-state index contributed by atoms with van der Waals surface area (Å²) in [5.74, 6) is 2.58. The highest BCUT2D eigenvalue weighted by molar-refractivity contribution is 9.10. The van der Waals surface area contributed by atoms with Crippen molar-refractivity contribution in [2.75, 3.05) is 0 Å². The van der Waals surface area contributed by atoms with Crippen LogP contribution in [0.25, 0.3) is 11.7 Å². The lowest BCUT2D eigenvalue weighted by Crippen LogP contribution is -1.98. The monoisotopic (exact) mass is 333 g/mol. The number of oxazole rings is 1. The van der Waals surface area contributed by atoms with Crippen molar-refractivity contribution in [3.05, 3.63) is 58.6 Å². The largest absolute Gasteiger partial charge is 0.486 e. The van der Waals surface area contributed by atoms with E-state index in [0.29, 0.717) is 18.3 Å². The second-order valence-electron chi connectivity index (χ2n) is 4.22. The number of furan rings is 1. The summed E-state index contributed by atoms with van der Waals surface area (Å²) in [6.07, 6.45) is 1.59. The maximum atomic E-state index is 5.73. The molecule has 0 aliphatic carbocycles. The molecule has 4 nitrogen and oxygen atoms in total. The topological polar surface area (TPSA) is 48.4 Å². The van der Waals surface area contributed by atoms with Crippen LogP contribution in [-0.4, -0.2) is 4.98 Å². The average molecular weight is 334 g/mol. The van der Waals surface area contributed by atoms with Gasteiger partial charge in [0, 0.05) is 0 Å². The minimum Gasteiger partial charge on any atom is -0.486 e. The highest BCUT2D eigenvalue weighted by Crippen LogP contribution is 2.26. The number of aryl methyl sites for hydroxylation is 1. The molecule has 0 saturated heterocycles. The van der Waals surface area contributed by atoms with E-state index in [4.69, 9.17) is 13.6 Å². The molecule has 2 heterocycles. The Morgan fingerprint density at radius 1 is 1.20 bits per heavy atom. The van der Waals surface area contributed by atoms with E-state index in [1.807, 2.05) is 37.3 Å². The fourth-order valence-electron chi connectivity index (χ4n) is 1.78. The molecule has 0 amide bonds. The highest BCUT2D eigenvalue weighted by atomic mass is 79.9. The number of ether oxygens (including phenoxy) is 1. The van der Waals surface area contributed by atoms with E-state index in [-0.39, 0.29) is 0 Å². The lowest BCUT2D eigenvalue weighted by molar-refractivity contribution is 0.297. The molecule has 3 rings (SSSR count). The Bertz CT molecular complexity index is 704. The van der Waals surface area contributed by atoms with Crippen LogP contribution in [0.2, 0.25) is 0 Å². The quantitative estimate of drug-likeness (QED) is 0.700. The van der Waals surface area contributed by atoms with Crippen LogP contribution in [0.4, 0.5) is 0 Å². The second-order valence-corrected chi connectivity index (χ2v) is 5.07. The molecule has 1 aromatic carbocycles. The van der Waals surface area contributed by atoms with Gasteiger partial charge in [0.2, 0.25) is 0 Å². The third-order valence-electron chi connectivity index (χ3n) is 2.83. The van der Waals surface area contributed by atoms with E-state index in [2.05, 4.69) is 20.9 Å². The Morgan fingerprint density at radius 2 is 2.05 bits per heavy atom. The molecule has 0 aliphatic heterocycles. The summed E-state index contributed by atoms with van der Waals surface area (Å²) in [4.78, 5) is 4.40. The van der Waals surface area contributed by atoms with Gasteiger partial charge in [-0.2, -0.15) is 0 Å². The maximum absolute atomic E-state index is 5.73. The van der Waals surface area contributed by atoms with Gasteiger partial charge in [0.1, 0.15) is 23.8 Å². The molecule has 0 bridgehead atoms. The van der Waals surface area contributed by atoms with Gasteiger partial charge in [0.25, 0.3) is 5.89 Å². The van der Waals surface area contributed by atoms with Gasteiger partial charge in [-0.3, -0.25) is 0 Å². The molecule has 2 aromatic heterocycles. The average Bonchev–Trinajstić information content (AvgIpc) is 3.07. The van der Waals surface area contributed by atoms with Crippen LogP contribution in [0.5, 0.6) is 5.75 Å². The van der Waals surface area contributed by atoms with Crippen LogP contribution in [0.15, 0.2) is 56.0 Å². The van der Waals surface area contributed by atoms with Gasteiger partial charge >= 0.3 is 0 Å². The summed E-state index contributed by atoms with van der Waals surface area (Å²) in [5, 5.41) is 0. The molecular weight excluding hydrogens is 322 g/mol. The Labute approximate surface area is 124 Å². The predicted molar refractivity (Wildman–Crippen MR) is 77.4 cm³/mol. The minimum absolute atomic E-state index is 0.346. The summed E-state index contributed by atoms with van der Waals surface area (Å²) in [7, 11) is 0. The molecule has 0 atom stereocenters. The fourth-order valence-corrected chi connectivity index (χ4v) is 2.17. The Balaban J connectivity index is 1.77. The first kappa shape index (κ1) is 13.0. The minimum atomic E-state index is 0.346. The Morgan fingerprint density at radius 3 is 2.80 bits per heavy atom. The molecule has 0 fully saturated rings. The SMILES string of the molecule is Cc1oc(-c2ccco2)nc1COc1ccccc1Br. The number of aromatic nitrogens is 1. The molecule has 0 spiro atoms. The third-order valence-corrected chi connectivity index (χ3v) is 3.48. The summed E-state index contributed by atoms with van der Waals surface area (Å²) in [6, 6.07) is 11.3. The van der Waals surface area contributed by atoms with E-state index < -0.39 is 0 Å². The third kappa shape index (κ3) is 2.63. The summed E-state index contributed by atoms with van der Waals surface area (Å²) in [5.41, 5.74) is 0.757. The van der Waals surface area contributed by atoms with Gasteiger partial charge in [0.05, 0.1) is 10.7 Å². The fraction of sp³-hybridized carbons (Fsp3) is 0.133. The van der Waals surface area contributed by atoms with Crippen LogP contribution in [0.1, 0.15) is 11.5 Å². The van der Waals surface area contributed by atoms with Gasteiger partial charge in [-0.15, -0.1) is 0 Å². The zero-order valence-corrected chi connectivity index (χ0v) is 12.4. The number of rotatable bonds is 4. The number of halogens is 1. The maximum Gasteiger partial charge on any atom is 0.263 e. The Hall–Kier alpha value is -2.01. The van der Waals surface area contributed by atoms with Crippen molar-refractivity contribution in [1.29, 1.82) is 0 Å². The molecule has 0 aliphatic rings. The van der Waals surface area contributed by atoms with Gasteiger partial charge in [-0.05, 0) is 47.1 Å². The first-order valence-electron chi connectivity index (χ1n) is 6.11. The van der Waals surface area contributed by atoms with Crippen molar-refractivity contribution in [3.63, 3.8) is 0 Å².